The zero-order chi connectivity index (χ0) is 14.6. The molecule has 1 aromatic rings. The van der Waals surface area contributed by atoms with Crippen LogP contribution in [0.4, 0.5) is 4.39 Å². The van der Waals surface area contributed by atoms with Crippen LogP contribution in [0.5, 0.6) is 0 Å². The molecule has 20 heavy (non-hydrogen) atoms. The van der Waals surface area contributed by atoms with Crippen LogP contribution in [-0.2, 0) is 6.54 Å². The molecule has 1 aliphatic carbocycles. The maximum absolute atomic E-state index is 14.2. The van der Waals surface area contributed by atoms with Crippen LogP contribution >= 0.6 is 11.8 Å². The molecule has 1 N–H and O–H groups in total. The van der Waals surface area contributed by atoms with E-state index in [1.54, 1.807) is 17.8 Å². The zero-order valence-corrected chi connectivity index (χ0v) is 13.7. The van der Waals surface area contributed by atoms with E-state index in [0.29, 0.717) is 5.25 Å². The van der Waals surface area contributed by atoms with Crippen LogP contribution < -0.4 is 5.32 Å². The van der Waals surface area contributed by atoms with Crippen LogP contribution in [0, 0.1) is 5.82 Å². The quantitative estimate of drug-likeness (QED) is 0.825. The van der Waals surface area contributed by atoms with Crippen LogP contribution in [0.25, 0.3) is 0 Å². The lowest BCUT2D eigenvalue weighted by Gasteiger charge is -2.24. The Hall–Kier alpha value is -0.540. The fourth-order valence-corrected chi connectivity index (χ4v) is 3.91. The predicted octanol–water partition coefficient (Wildman–Crippen LogP) is 5.14. The second kappa shape index (κ2) is 6.95. The molecule has 0 spiro atoms. The van der Waals surface area contributed by atoms with Gasteiger partial charge < -0.3 is 5.32 Å². The first-order valence-electron chi connectivity index (χ1n) is 7.65. The van der Waals surface area contributed by atoms with Gasteiger partial charge in [-0.05, 0) is 45.2 Å². The second-order valence-electron chi connectivity index (χ2n) is 6.71. The Morgan fingerprint density at radius 2 is 1.90 bits per heavy atom. The number of halogens is 1. The minimum atomic E-state index is -0.0613. The van der Waals surface area contributed by atoms with Gasteiger partial charge in [0.15, 0.2) is 0 Å². The molecule has 0 aromatic heterocycles. The van der Waals surface area contributed by atoms with E-state index >= 15 is 0 Å². The number of hydrogen-bond acceptors (Lipinski definition) is 2. The number of nitrogens with one attached hydrogen (secondary N) is 1. The van der Waals surface area contributed by atoms with Crippen molar-refractivity contribution in [3.8, 4) is 0 Å². The third-order valence-electron chi connectivity index (χ3n) is 3.69. The number of thioether (sulfide) groups is 1. The largest absolute Gasteiger partial charge is 0.308 e. The zero-order valence-electron chi connectivity index (χ0n) is 12.8. The Balaban J connectivity index is 2.09. The number of rotatable bonds is 4. The first kappa shape index (κ1) is 15.8. The Morgan fingerprint density at radius 3 is 2.55 bits per heavy atom. The van der Waals surface area contributed by atoms with E-state index < -0.39 is 0 Å². The lowest BCUT2D eigenvalue weighted by Crippen LogP contribution is -2.35. The van der Waals surface area contributed by atoms with E-state index in [4.69, 9.17) is 0 Å². The predicted molar refractivity (Wildman–Crippen MR) is 85.7 cm³/mol. The Kier molecular flexibility index (Phi) is 5.50. The van der Waals surface area contributed by atoms with Gasteiger partial charge in [0, 0.05) is 22.2 Å². The van der Waals surface area contributed by atoms with E-state index in [-0.39, 0.29) is 11.4 Å². The average Bonchev–Trinajstić information content (AvgIpc) is 2.40. The van der Waals surface area contributed by atoms with Crippen molar-refractivity contribution in [1.29, 1.82) is 0 Å². The van der Waals surface area contributed by atoms with Crippen molar-refractivity contribution < 1.29 is 4.39 Å². The molecule has 1 aromatic carbocycles. The van der Waals surface area contributed by atoms with Gasteiger partial charge in [-0.1, -0.05) is 31.4 Å². The molecule has 1 saturated carbocycles. The van der Waals surface area contributed by atoms with Gasteiger partial charge in [0.2, 0.25) is 0 Å². The van der Waals surface area contributed by atoms with Gasteiger partial charge in [-0.3, -0.25) is 0 Å². The minimum Gasteiger partial charge on any atom is -0.308 e. The molecule has 0 bridgehead atoms. The molecule has 0 saturated heterocycles. The molecule has 1 aliphatic rings. The van der Waals surface area contributed by atoms with E-state index in [1.165, 1.54) is 32.1 Å². The minimum absolute atomic E-state index is 0.0547. The molecule has 0 unspecified atom stereocenters. The Bertz CT molecular complexity index is 433. The van der Waals surface area contributed by atoms with Crippen LogP contribution in [0.1, 0.15) is 58.4 Å². The summed E-state index contributed by atoms with van der Waals surface area (Å²) in [5, 5.41) is 4.05. The maximum Gasteiger partial charge on any atom is 0.137 e. The summed E-state index contributed by atoms with van der Waals surface area (Å²) in [4.78, 5) is 0.858. The molecule has 0 radical (unpaired) electrons. The summed E-state index contributed by atoms with van der Waals surface area (Å²) >= 11 is 1.75. The van der Waals surface area contributed by atoms with Gasteiger partial charge in [-0.2, -0.15) is 0 Å². The molecule has 112 valence electrons. The van der Waals surface area contributed by atoms with Crippen molar-refractivity contribution in [2.24, 2.45) is 0 Å². The van der Waals surface area contributed by atoms with Gasteiger partial charge >= 0.3 is 0 Å². The summed E-state index contributed by atoms with van der Waals surface area (Å²) in [5.41, 5.74) is 1.15. The van der Waals surface area contributed by atoms with Crippen molar-refractivity contribution in [3.63, 3.8) is 0 Å². The van der Waals surface area contributed by atoms with Crippen molar-refractivity contribution in [2.75, 3.05) is 0 Å². The van der Waals surface area contributed by atoms with Crippen LogP contribution in [0.2, 0.25) is 0 Å². The lowest BCUT2D eigenvalue weighted by atomic mass is 10.0. The van der Waals surface area contributed by atoms with Crippen LogP contribution in [0.15, 0.2) is 23.1 Å². The van der Waals surface area contributed by atoms with Crippen molar-refractivity contribution in [3.05, 3.63) is 29.6 Å². The fraction of sp³-hybridized carbons (Fsp3) is 0.647. The summed E-state index contributed by atoms with van der Waals surface area (Å²) in [6.07, 6.45) is 6.38. The molecule has 0 amide bonds. The third-order valence-corrected chi connectivity index (χ3v) is 5.19. The molecule has 1 fully saturated rings. The topological polar surface area (TPSA) is 12.0 Å². The monoisotopic (exact) mass is 295 g/mol. The SMILES string of the molecule is CC(C)(C)NCc1cccc(F)c1SC1CCCCC1. The van der Waals surface area contributed by atoms with Gasteiger partial charge in [-0.25, -0.2) is 4.39 Å². The smallest absolute Gasteiger partial charge is 0.137 e. The first-order valence-corrected chi connectivity index (χ1v) is 8.53. The first-order chi connectivity index (χ1) is 9.46. The number of hydrogen-bond donors (Lipinski definition) is 1. The normalized spacial score (nSPS) is 17.4. The van der Waals surface area contributed by atoms with Crippen molar-refractivity contribution >= 4 is 11.8 Å². The summed E-state index contributed by atoms with van der Waals surface area (Å²) < 4.78 is 14.2. The average molecular weight is 295 g/mol. The van der Waals surface area contributed by atoms with Gasteiger partial charge in [0.25, 0.3) is 0 Å². The van der Waals surface area contributed by atoms with Gasteiger partial charge in [-0.15, -0.1) is 11.8 Å². The summed E-state index contributed by atoms with van der Waals surface area (Å²) in [6, 6.07) is 5.46. The highest BCUT2D eigenvalue weighted by Gasteiger charge is 2.19. The summed E-state index contributed by atoms with van der Waals surface area (Å²) in [5.74, 6) is -0.0613. The van der Waals surface area contributed by atoms with Crippen molar-refractivity contribution in [2.45, 2.75) is 75.1 Å². The Morgan fingerprint density at radius 1 is 1.20 bits per heavy atom. The standard InChI is InChI=1S/C17H26FNS/c1-17(2,3)19-12-13-8-7-11-15(18)16(13)20-14-9-5-4-6-10-14/h7-8,11,14,19H,4-6,9-10,12H2,1-3H3. The second-order valence-corrected chi connectivity index (χ2v) is 8.02. The van der Waals surface area contributed by atoms with Gasteiger partial charge in [0.05, 0.1) is 0 Å². The summed E-state index contributed by atoms with van der Waals surface area (Å²) in [6.45, 7) is 7.15. The summed E-state index contributed by atoms with van der Waals surface area (Å²) in [7, 11) is 0. The van der Waals surface area contributed by atoms with Crippen LogP contribution in [-0.4, -0.2) is 10.8 Å². The highest BCUT2D eigenvalue weighted by molar-refractivity contribution is 8.00. The van der Waals surface area contributed by atoms with Crippen molar-refractivity contribution in [1.82, 2.24) is 5.32 Å². The molecule has 0 aliphatic heterocycles. The lowest BCUT2D eigenvalue weighted by molar-refractivity contribution is 0.421. The highest BCUT2D eigenvalue weighted by Crippen LogP contribution is 2.36. The fourth-order valence-electron chi connectivity index (χ4n) is 2.53. The maximum atomic E-state index is 14.2. The van der Waals surface area contributed by atoms with E-state index in [0.717, 1.165) is 17.0 Å². The van der Waals surface area contributed by atoms with E-state index in [1.807, 2.05) is 12.1 Å². The molecular weight excluding hydrogens is 269 g/mol. The molecular formula is C17H26FNS. The molecule has 0 heterocycles. The Labute approximate surface area is 126 Å². The molecule has 2 rings (SSSR count). The third kappa shape index (κ3) is 4.78. The van der Waals surface area contributed by atoms with E-state index in [2.05, 4.69) is 26.1 Å². The van der Waals surface area contributed by atoms with E-state index in [9.17, 15) is 4.39 Å². The van der Waals surface area contributed by atoms with Gasteiger partial charge in [0.1, 0.15) is 5.82 Å². The number of benzene rings is 1. The molecule has 1 nitrogen and oxygen atoms in total. The molecule has 3 heteroatoms. The highest BCUT2D eigenvalue weighted by atomic mass is 32.2. The molecule has 0 atom stereocenters. The van der Waals surface area contributed by atoms with Crippen LogP contribution in [0.3, 0.4) is 0 Å².